The molecule has 1 unspecified atom stereocenters. The summed E-state index contributed by atoms with van der Waals surface area (Å²) in [6.07, 6.45) is 2.86. The fraction of sp³-hybridized carbons (Fsp3) is 0.286. The van der Waals surface area contributed by atoms with Gasteiger partial charge in [0.25, 0.3) is 0 Å². The third-order valence-electron chi connectivity index (χ3n) is 3.17. The lowest BCUT2D eigenvalue weighted by atomic mass is 9.99. The molecule has 2 rings (SSSR count). The number of hydrogen-bond acceptors (Lipinski definition) is 3. The van der Waals surface area contributed by atoms with E-state index < -0.39 is 23.2 Å². The molecular weight excluding hydrogens is 361 g/mol. The molecule has 1 aliphatic heterocycles. The summed E-state index contributed by atoms with van der Waals surface area (Å²) in [6, 6.07) is 4.38. The molecule has 1 amide bonds. The van der Waals surface area contributed by atoms with E-state index in [2.05, 4.69) is 21.2 Å². The SMILES string of the molecule is O=C(C=Cc1cc(Br)ccc1F)NC1(C(=O)O)CCSC1. The highest BCUT2D eigenvalue weighted by molar-refractivity contribution is 9.10. The van der Waals surface area contributed by atoms with Crippen LogP contribution in [0.1, 0.15) is 12.0 Å². The van der Waals surface area contributed by atoms with E-state index in [1.807, 2.05) is 0 Å². The maximum Gasteiger partial charge on any atom is 0.330 e. The van der Waals surface area contributed by atoms with Gasteiger partial charge in [0.05, 0.1) is 0 Å². The van der Waals surface area contributed by atoms with Crippen molar-refractivity contribution in [3.63, 3.8) is 0 Å². The van der Waals surface area contributed by atoms with Gasteiger partial charge >= 0.3 is 5.97 Å². The molecule has 0 radical (unpaired) electrons. The van der Waals surface area contributed by atoms with Gasteiger partial charge in [-0.1, -0.05) is 15.9 Å². The Morgan fingerprint density at radius 1 is 1.48 bits per heavy atom. The van der Waals surface area contributed by atoms with Gasteiger partial charge in [0.15, 0.2) is 0 Å². The second-order valence-electron chi connectivity index (χ2n) is 4.68. The van der Waals surface area contributed by atoms with E-state index in [1.165, 1.54) is 30.0 Å². The van der Waals surface area contributed by atoms with Crippen LogP contribution >= 0.6 is 27.7 Å². The lowest BCUT2D eigenvalue weighted by Crippen LogP contribution is -2.54. The first-order valence-electron chi connectivity index (χ1n) is 6.19. The minimum Gasteiger partial charge on any atom is -0.479 e. The molecular formula is C14H13BrFNO3S. The van der Waals surface area contributed by atoms with Crippen molar-refractivity contribution in [1.82, 2.24) is 5.32 Å². The number of carboxylic acid groups (broad SMARTS) is 1. The number of rotatable bonds is 4. The Labute approximate surface area is 133 Å². The number of thioether (sulfide) groups is 1. The number of halogens is 2. The first-order chi connectivity index (χ1) is 9.93. The van der Waals surface area contributed by atoms with Crippen molar-refractivity contribution < 1.29 is 19.1 Å². The molecule has 0 saturated carbocycles. The molecule has 1 atom stereocenters. The molecule has 1 heterocycles. The summed E-state index contributed by atoms with van der Waals surface area (Å²) in [5.74, 6) is -1.00. The van der Waals surface area contributed by atoms with Crippen molar-refractivity contribution in [2.75, 3.05) is 11.5 Å². The van der Waals surface area contributed by atoms with Crippen molar-refractivity contribution in [2.24, 2.45) is 0 Å². The van der Waals surface area contributed by atoms with Crippen LogP contribution < -0.4 is 5.32 Å². The number of nitrogens with one attached hydrogen (secondary N) is 1. The third-order valence-corrected chi connectivity index (χ3v) is 4.85. The fourth-order valence-corrected chi connectivity index (χ4v) is 3.68. The molecule has 7 heteroatoms. The van der Waals surface area contributed by atoms with Gasteiger partial charge in [-0.15, -0.1) is 0 Å². The molecule has 1 aliphatic rings. The average Bonchev–Trinajstić information content (AvgIpc) is 2.89. The molecule has 0 aliphatic carbocycles. The lowest BCUT2D eigenvalue weighted by Gasteiger charge is -2.23. The Balaban J connectivity index is 2.09. The van der Waals surface area contributed by atoms with E-state index in [1.54, 1.807) is 6.07 Å². The zero-order chi connectivity index (χ0) is 15.5. The average molecular weight is 374 g/mol. The Kier molecular flexibility index (Phi) is 5.05. The van der Waals surface area contributed by atoms with Crippen molar-refractivity contribution in [1.29, 1.82) is 0 Å². The van der Waals surface area contributed by atoms with Gasteiger partial charge in [-0.3, -0.25) is 4.79 Å². The molecule has 1 aromatic rings. The van der Waals surface area contributed by atoms with Crippen LogP contribution in [0.15, 0.2) is 28.7 Å². The van der Waals surface area contributed by atoms with Gasteiger partial charge in [-0.25, -0.2) is 9.18 Å². The minimum atomic E-state index is -1.22. The summed E-state index contributed by atoms with van der Waals surface area (Å²) in [4.78, 5) is 23.2. The highest BCUT2D eigenvalue weighted by atomic mass is 79.9. The normalized spacial score (nSPS) is 21.6. The predicted octanol–water partition coefficient (Wildman–Crippen LogP) is 2.68. The van der Waals surface area contributed by atoms with E-state index in [0.717, 1.165) is 6.08 Å². The summed E-state index contributed by atoms with van der Waals surface area (Å²) < 4.78 is 14.2. The molecule has 1 fully saturated rings. The van der Waals surface area contributed by atoms with E-state index >= 15 is 0 Å². The van der Waals surface area contributed by atoms with Crippen molar-refractivity contribution in [2.45, 2.75) is 12.0 Å². The molecule has 1 saturated heterocycles. The van der Waals surface area contributed by atoms with Gasteiger partial charge in [0.2, 0.25) is 5.91 Å². The van der Waals surface area contributed by atoms with Crippen LogP contribution in [0.25, 0.3) is 6.08 Å². The van der Waals surface area contributed by atoms with E-state index in [-0.39, 0.29) is 5.56 Å². The van der Waals surface area contributed by atoms with Crippen molar-refractivity contribution >= 4 is 45.6 Å². The van der Waals surface area contributed by atoms with E-state index in [4.69, 9.17) is 0 Å². The number of carboxylic acids is 1. The minimum absolute atomic E-state index is 0.254. The third kappa shape index (κ3) is 3.85. The fourth-order valence-electron chi connectivity index (χ4n) is 1.97. The summed E-state index contributed by atoms with van der Waals surface area (Å²) in [5.41, 5.74) is -0.966. The van der Waals surface area contributed by atoms with Crippen LogP contribution in [0.2, 0.25) is 0 Å². The molecule has 0 bridgehead atoms. The quantitative estimate of drug-likeness (QED) is 0.796. The highest BCUT2D eigenvalue weighted by Gasteiger charge is 2.42. The van der Waals surface area contributed by atoms with Crippen LogP contribution in [0.5, 0.6) is 0 Å². The largest absolute Gasteiger partial charge is 0.479 e. The maximum atomic E-state index is 13.5. The monoisotopic (exact) mass is 373 g/mol. The number of carbonyl (C=O) groups is 2. The number of aliphatic carboxylic acids is 1. The summed E-state index contributed by atoms with van der Waals surface area (Å²) in [6.45, 7) is 0. The zero-order valence-electron chi connectivity index (χ0n) is 10.9. The standard InChI is InChI=1S/C14H13BrFNO3S/c15-10-2-3-11(16)9(7-10)1-4-12(18)17-14(13(19)20)5-6-21-8-14/h1-4,7H,5-6,8H2,(H,17,18)(H,19,20). The number of benzene rings is 1. The van der Waals surface area contributed by atoms with Crippen LogP contribution in [-0.2, 0) is 9.59 Å². The van der Waals surface area contributed by atoms with Crippen LogP contribution in [-0.4, -0.2) is 34.0 Å². The smallest absolute Gasteiger partial charge is 0.330 e. The van der Waals surface area contributed by atoms with Crippen LogP contribution in [0.4, 0.5) is 4.39 Å². The van der Waals surface area contributed by atoms with Crippen molar-refractivity contribution in [3.05, 3.63) is 40.1 Å². The Bertz CT molecular complexity index is 600. The Morgan fingerprint density at radius 2 is 2.24 bits per heavy atom. The van der Waals surface area contributed by atoms with Gasteiger partial charge in [0, 0.05) is 21.9 Å². The van der Waals surface area contributed by atoms with Gasteiger partial charge < -0.3 is 10.4 Å². The second kappa shape index (κ2) is 6.62. The highest BCUT2D eigenvalue weighted by Crippen LogP contribution is 2.28. The molecule has 4 nitrogen and oxygen atoms in total. The van der Waals surface area contributed by atoms with Crippen molar-refractivity contribution in [3.8, 4) is 0 Å². The molecule has 112 valence electrons. The Morgan fingerprint density at radius 3 is 2.86 bits per heavy atom. The molecule has 2 N–H and O–H groups in total. The van der Waals surface area contributed by atoms with Gasteiger partial charge in [-0.2, -0.15) is 11.8 Å². The molecule has 1 aromatic carbocycles. The zero-order valence-corrected chi connectivity index (χ0v) is 13.3. The number of amides is 1. The van der Waals surface area contributed by atoms with E-state index in [0.29, 0.717) is 22.4 Å². The first-order valence-corrected chi connectivity index (χ1v) is 8.14. The topological polar surface area (TPSA) is 66.4 Å². The summed E-state index contributed by atoms with van der Waals surface area (Å²) in [7, 11) is 0. The van der Waals surface area contributed by atoms with Crippen LogP contribution in [0, 0.1) is 5.82 Å². The molecule has 0 spiro atoms. The van der Waals surface area contributed by atoms with Gasteiger partial charge in [-0.05, 0) is 36.4 Å². The van der Waals surface area contributed by atoms with Crippen LogP contribution in [0.3, 0.4) is 0 Å². The second-order valence-corrected chi connectivity index (χ2v) is 6.70. The summed E-state index contributed by atoms with van der Waals surface area (Å²) >= 11 is 4.70. The Hall–Kier alpha value is -1.34. The maximum absolute atomic E-state index is 13.5. The summed E-state index contributed by atoms with van der Waals surface area (Å²) in [5, 5.41) is 11.8. The first kappa shape index (κ1) is 16.0. The molecule has 0 aromatic heterocycles. The van der Waals surface area contributed by atoms with E-state index in [9.17, 15) is 19.1 Å². The number of hydrogen-bond donors (Lipinski definition) is 2. The predicted molar refractivity (Wildman–Crippen MR) is 83.6 cm³/mol. The van der Waals surface area contributed by atoms with Gasteiger partial charge in [0.1, 0.15) is 11.4 Å². The number of carbonyl (C=O) groups excluding carboxylic acids is 1. The molecule has 21 heavy (non-hydrogen) atoms. The lowest BCUT2D eigenvalue weighted by molar-refractivity contribution is -0.145.